The molecule has 4 rings (SSSR count). The molecule has 0 radical (unpaired) electrons. The van der Waals surface area contributed by atoms with Crippen molar-refractivity contribution in [2.75, 3.05) is 62.3 Å². The molecule has 0 bridgehead atoms. The van der Waals surface area contributed by atoms with Gasteiger partial charge in [0.05, 0.1) is 34.4 Å². The first-order valence-electron chi connectivity index (χ1n) is 9.80. The van der Waals surface area contributed by atoms with Crippen molar-refractivity contribution >= 4 is 34.7 Å². The van der Waals surface area contributed by atoms with Crippen molar-refractivity contribution in [2.45, 2.75) is 0 Å². The maximum atomic E-state index is 13.3. The minimum Gasteiger partial charge on any atom is -0.378 e. The number of hydrogen-bond acceptors (Lipinski definition) is 7. The Bertz CT molecular complexity index is 943. The Kier molecular flexibility index (Phi) is 6.01. The number of morpholine rings is 1. The average molecular weight is 432 g/mol. The fourth-order valence-corrected chi connectivity index (χ4v) is 4.03. The number of amides is 1. The Morgan fingerprint density at radius 3 is 2.47 bits per heavy atom. The summed E-state index contributed by atoms with van der Waals surface area (Å²) >= 11 is 6.24. The number of anilines is 2. The van der Waals surface area contributed by atoms with Crippen LogP contribution < -0.4 is 9.80 Å². The number of carbonyl (C=O) groups excluding carboxylic acids is 1. The third kappa shape index (κ3) is 4.17. The van der Waals surface area contributed by atoms with Gasteiger partial charge in [0.1, 0.15) is 5.82 Å². The molecule has 3 heterocycles. The summed E-state index contributed by atoms with van der Waals surface area (Å²) in [7, 11) is 0. The van der Waals surface area contributed by atoms with Crippen LogP contribution in [-0.4, -0.2) is 73.2 Å². The molecule has 158 valence electrons. The van der Waals surface area contributed by atoms with Crippen LogP contribution in [0, 0.1) is 10.1 Å². The smallest absolute Gasteiger partial charge is 0.270 e. The SMILES string of the molecule is O=C(c1cc([N+](=O)[O-])ccc1N1CCOCC1)N1CCN(c2ncccc2Cl)CC1. The molecular weight excluding hydrogens is 410 g/mol. The molecule has 2 fully saturated rings. The number of nitrogens with zero attached hydrogens (tertiary/aromatic N) is 5. The van der Waals surface area contributed by atoms with Crippen molar-refractivity contribution in [3.8, 4) is 0 Å². The summed E-state index contributed by atoms with van der Waals surface area (Å²) in [6.07, 6.45) is 1.69. The molecule has 0 saturated carbocycles. The Balaban J connectivity index is 1.54. The predicted molar refractivity (Wildman–Crippen MR) is 113 cm³/mol. The molecule has 1 aromatic heterocycles. The zero-order valence-corrected chi connectivity index (χ0v) is 17.1. The number of ether oxygens (including phenoxy) is 1. The van der Waals surface area contributed by atoms with Crippen molar-refractivity contribution in [2.24, 2.45) is 0 Å². The number of hydrogen-bond donors (Lipinski definition) is 0. The summed E-state index contributed by atoms with van der Waals surface area (Å²) in [5.74, 6) is 0.502. The fourth-order valence-electron chi connectivity index (χ4n) is 3.79. The van der Waals surface area contributed by atoms with Gasteiger partial charge in [-0.2, -0.15) is 0 Å². The maximum absolute atomic E-state index is 13.3. The second kappa shape index (κ2) is 8.85. The lowest BCUT2D eigenvalue weighted by atomic mass is 10.1. The summed E-state index contributed by atoms with van der Waals surface area (Å²) < 4.78 is 5.40. The molecule has 2 saturated heterocycles. The molecule has 2 aliphatic rings. The molecule has 10 heteroatoms. The highest BCUT2D eigenvalue weighted by molar-refractivity contribution is 6.32. The molecule has 1 amide bonds. The molecule has 0 aliphatic carbocycles. The van der Waals surface area contributed by atoms with Crippen LogP contribution in [0.5, 0.6) is 0 Å². The van der Waals surface area contributed by atoms with Gasteiger partial charge in [-0.3, -0.25) is 14.9 Å². The van der Waals surface area contributed by atoms with Crippen LogP contribution in [0.2, 0.25) is 5.02 Å². The number of aromatic nitrogens is 1. The van der Waals surface area contributed by atoms with E-state index in [-0.39, 0.29) is 11.6 Å². The van der Waals surface area contributed by atoms with Crippen molar-refractivity contribution < 1.29 is 14.5 Å². The van der Waals surface area contributed by atoms with Crippen LogP contribution in [0.25, 0.3) is 0 Å². The first-order valence-corrected chi connectivity index (χ1v) is 10.2. The second-order valence-electron chi connectivity index (χ2n) is 7.15. The van der Waals surface area contributed by atoms with Crippen LogP contribution >= 0.6 is 11.6 Å². The van der Waals surface area contributed by atoms with E-state index < -0.39 is 4.92 Å². The van der Waals surface area contributed by atoms with Crippen LogP contribution in [0.15, 0.2) is 36.5 Å². The number of rotatable bonds is 4. The fraction of sp³-hybridized carbons (Fsp3) is 0.400. The van der Waals surface area contributed by atoms with Crippen LogP contribution in [0.4, 0.5) is 17.2 Å². The minimum absolute atomic E-state index is 0.0886. The van der Waals surface area contributed by atoms with E-state index in [4.69, 9.17) is 16.3 Å². The third-order valence-electron chi connectivity index (χ3n) is 5.38. The summed E-state index contributed by atoms with van der Waals surface area (Å²) in [6, 6.07) is 8.07. The van der Waals surface area contributed by atoms with E-state index in [0.29, 0.717) is 74.6 Å². The Hall–Kier alpha value is -2.91. The number of carbonyl (C=O) groups is 1. The monoisotopic (exact) mass is 431 g/mol. The Labute approximate surface area is 178 Å². The van der Waals surface area contributed by atoms with Gasteiger partial charge in [0.15, 0.2) is 0 Å². The first kappa shape index (κ1) is 20.4. The Morgan fingerprint density at radius 1 is 1.07 bits per heavy atom. The van der Waals surface area contributed by atoms with E-state index in [1.54, 1.807) is 29.3 Å². The highest BCUT2D eigenvalue weighted by Crippen LogP contribution is 2.29. The zero-order chi connectivity index (χ0) is 21.1. The van der Waals surface area contributed by atoms with Crippen LogP contribution in [-0.2, 0) is 4.74 Å². The molecule has 2 aliphatic heterocycles. The number of nitro groups is 1. The average Bonchev–Trinajstić information content (AvgIpc) is 2.79. The lowest BCUT2D eigenvalue weighted by molar-refractivity contribution is -0.384. The molecule has 9 nitrogen and oxygen atoms in total. The number of nitro benzene ring substituents is 1. The number of halogens is 1. The van der Waals surface area contributed by atoms with Crippen molar-refractivity contribution in [3.05, 3.63) is 57.2 Å². The number of benzene rings is 1. The van der Waals surface area contributed by atoms with E-state index in [9.17, 15) is 14.9 Å². The van der Waals surface area contributed by atoms with E-state index in [0.717, 1.165) is 0 Å². The largest absolute Gasteiger partial charge is 0.378 e. The van der Waals surface area contributed by atoms with Gasteiger partial charge in [0.25, 0.3) is 11.6 Å². The molecule has 0 spiro atoms. The standard InChI is InChI=1S/C20H22ClN5O4/c21-17-2-1-5-22-19(17)24-6-8-25(9-7-24)20(27)16-14-15(26(28)29)3-4-18(16)23-10-12-30-13-11-23/h1-5,14H,6-13H2. The summed E-state index contributed by atoms with van der Waals surface area (Å²) in [5.41, 5.74) is 0.980. The van der Waals surface area contributed by atoms with Crippen molar-refractivity contribution in [3.63, 3.8) is 0 Å². The molecule has 2 aromatic rings. The van der Waals surface area contributed by atoms with E-state index >= 15 is 0 Å². The first-order chi connectivity index (χ1) is 14.5. The number of piperazine rings is 1. The van der Waals surface area contributed by atoms with Crippen molar-refractivity contribution in [1.82, 2.24) is 9.88 Å². The minimum atomic E-state index is -0.471. The van der Waals surface area contributed by atoms with Gasteiger partial charge in [-0.15, -0.1) is 0 Å². The van der Waals surface area contributed by atoms with Crippen molar-refractivity contribution in [1.29, 1.82) is 0 Å². The van der Waals surface area contributed by atoms with Gasteiger partial charge in [-0.05, 0) is 18.2 Å². The van der Waals surface area contributed by atoms with E-state index in [2.05, 4.69) is 4.98 Å². The molecule has 1 aromatic carbocycles. The van der Waals surface area contributed by atoms with E-state index in [1.165, 1.54) is 12.1 Å². The van der Waals surface area contributed by atoms with E-state index in [1.807, 2.05) is 9.80 Å². The van der Waals surface area contributed by atoms with Gasteiger partial charge in [-0.1, -0.05) is 11.6 Å². The quantitative estimate of drug-likeness (QED) is 0.542. The second-order valence-corrected chi connectivity index (χ2v) is 7.55. The van der Waals surface area contributed by atoms with Crippen LogP contribution in [0.3, 0.4) is 0 Å². The lowest BCUT2D eigenvalue weighted by Gasteiger charge is -2.37. The molecule has 0 atom stereocenters. The highest BCUT2D eigenvalue weighted by atomic mass is 35.5. The summed E-state index contributed by atoms with van der Waals surface area (Å²) in [6.45, 7) is 4.55. The number of non-ortho nitro benzene ring substituents is 1. The Morgan fingerprint density at radius 2 is 1.80 bits per heavy atom. The van der Waals surface area contributed by atoms with Crippen LogP contribution in [0.1, 0.15) is 10.4 Å². The summed E-state index contributed by atoms with van der Waals surface area (Å²) in [4.78, 5) is 34.3. The summed E-state index contributed by atoms with van der Waals surface area (Å²) in [5, 5.41) is 11.9. The third-order valence-corrected chi connectivity index (χ3v) is 5.67. The van der Waals surface area contributed by atoms with Gasteiger partial charge in [0.2, 0.25) is 0 Å². The van der Waals surface area contributed by atoms with Gasteiger partial charge < -0.3 is 19.4 Å². The maximum Gasteiger partial charge on any atom is 0.270 e. The topological polar surface area (TPSA) is 92.0 Å². The molecular formula is C20H22ClN5O4. The predicted octanol–water partition coefficient (Wildman–Crippen LogP) is 2.44. The number of pyridine rings is 1. The van der Waals surface area contributed by atoms with Gasteiger partial charge in [-0.25, -0.2) is 4.98 Å². The molecule has 0 unspecified atom stereocenters. The normalized spacial score (nSPS) is 17.2. The molecule has 30 heavy (non-hydrogen) atoms. The molecule has 0 N–H and O–H groups in total. The zero-order valence-electron chi connectivity index (χ0n) is 16.4. The lowest BCUT2D eigenvalue weighted by Crippen LogP contribution is -2.49. The van der Waals surface area contributed by atoms with Gasteiger partial charge in [0, 0.05) is 57.6 Å². The highest BCUT2D eigenvalue weighted by Gasteiger charge is 2.28. The van der Waals surface area contributed by atoms with Gasteiger partial charge >= 0.3 is 0 Å².